The van der Waals surface area contributed by atoms with Crippen LogP contribution in [0, 0.1) is 47.3 Å². The highest BCUT2D eigenvalue weighted by atomic mass is 16.2. The highest BCUT2D eigenvalue weighted by Crippen LogP contribution is 2.68. The molecule has 0 bridgehead atoms. The van der Waals surface area contributed by atoms with Crippen LogP contribution in [-0.2, 0) is 16.6 Å². The van der Waals surface area contributed by atoms with Gasteiger partial charge in [0, 0.05) is 24.4 Å². The molecule has 2 aromatic rings. The van der Waals surface area contributed by atoms with E-state index in [-0.39, 0.29) is 22.6 Å². The summed E-state index contributed by atoms with van der Waals surface area (Å²) in [7, 11) is 0. The average molecular weight is 556 g/mol. The Morgan fingerprint density at radius 3 is 2.59 bits per heavy atom. The number of aromatic nitrogens is 2. The molecular weight excluding hydrogens is 506 g/mol. The van der Waals surface area contributed by atoms with E-state index in [9.17, 15) is 9.59 Å². The van der Waals surface area contributed by atoms with Crippen LogP contribution < -0.4 is 5.32 Å². The van der Waals surface area contributed by atoms with Crippen LogP contribution in [0.15, 0.2) is 42.1 Å². The largest absolute Gasteiger partial charge is 0.326 e. The first-order valence-electron chi connectivity index (χ1n) is 16.0. The second-order valence-electron chi connectivity index (χ2n) is 15.0. The van der Waals surface area contributed by atoms with E-state index in [1.165, 1.54) is 36.8 Å². The fourth-order valence-corrected chi connectivity index (χ4v) is 10.7. The van der Waals surface area contributed by atoms with Crippen LogP contribution in [0.3, 0.4) is 0 Å². The minimum atomic E-state index is -0.193. The van der Waals surface area contributed by atoms with Crippen LogP contribution >= 0.6 is 0 Å². The van der Waals surface area contributed by atoms with E-state index in [4.69, 9.17) is 0 Å². The number of aryl methyl sites for hydroxylation is 1. The predicted molar refractivity (Wildman–Crippen MR) is 165 cm³/mol. The van der Waals surface area contributed by atoms with Crippen LogP contribution in [0.1, 0.15) is 108 Å². The van der Waals surface area contributed by atoms with E-state index in [0.717, 1.165) is 42.1 Å². The molecule has 5 heteroatoms. The number of para-hydroxylation sites is 1. The molecule has 2 fully saturated rings. The van der Waals surface area contributed by atoms with Crippen molar-refractivity contribution >= 4 is 17.5 Å². The van der Waals surface area contributed by atoms with Crippen molar-refractivity contribution in [3.8, 4) is 0 Å². The zero-order valence-electron chi connectivity index (χ0n) is 26.2. The number of anilines is 1. The molecule has 4 aliphatic rings. The molecule has 1 aromatic carbocycles. The number of rotatable bonds is 5. The minimum absolute atomic E-state index is 0.00410. The number of hydrogen-bond donors (Lipinski definition) is 1. The standard InChI is InChI=1S/C36H49N3O2/c1-22(12-17-32(41)38-30-11-9-8-10-23(30)2)27-14-15-28-26-13-16-31-34(4,5)33-25(21-37-39(33)24(3)40)20-36(31,7)29(26)18-19-35(27,28)6/h8-11,16,21-22,26-29H,12-15,17-20H2,1-7H3,(H,38,41)/t22-,26+,27-,28+,29+,35-,36-/m1/s1. The second kappa shape index (κ2) is 9.95. The van der Waals surface area contributed by atoms with Gasteiger partial charge in [-0.2, -0.15) is 5.10 Å². The maximum Gasteiger partial charge on any atom is 0.244 e. The SMILES string of the molecule is CC(=O)n1ncc2c1C(C)(C)C1=CC[C@H]3[C@@H]4CC[C@H]([C@H](C)CCC(=O)Nc5ccccc5C)[C@@]4(C)CC[C@@H]3[C@@]1(C)C2. The second-order valence-corrected chi connectivity index (χ2v) is 15.0. The van der Waals surface area contributed by atoms with Gasteiger partial charge in [0.25, 0.3) is 0 Å². The summed E-state index contributed by atoms with van der Waals surface area (Å²) in [5.41, 5.74) is 6.22. The van der Waals surface area contributed by atoms with Crippen molar-refractivity contribution in [3.63, 3.8) is 0 Å². The summed E-state index contributed by atoms with van der Waals surface area (Å²) < 4.78 is 1.66. The van der Waals surface area contributed by atoms with E-state index < -0.39 is 0 Å². The fourth-order valence-electron chi connectivity index (χ4n) is 10.7. The number of nitrogens with zero attached hydrogens (tertiary/aromatic N) is 2. The molecule has 0 aliphatic heterocycles. The molecule has 0 radical (unpaired) electrons. The normalized spacial score (nSPS) is 34.0. The predicted octanol–water partition coefficient (Wildman–Crippen LogP) is 8.14. The van der Waals surface area contributed by atoms with Crippen LogP contribution in [-0.4, -0.2) is 21.6 Å². The van der Waals surface area contributed by atoms with E-state index >= 15 is 0 Å². The summed E-state index contributed by atoms with van der Waals surface area (Å²) >= 11 is 0. The Hall–Kier alpha value is -2.69. The van der Waals surface area contributed by atoms with Gasteiger partial charge in [-0.3, -0.25) is 9.59 Å². The monoisotopic (exact) mass is 555 g/mol. The molecule has 220 valence electrons. The maximum absolute atomic E-state index is 12.8. The van der Waals surface area contributed by atoms with E-state index in [2.05, 4.69) is 51.1 Å². The van der Waals surface area contributed by atoms with Gasteiger partial charge < -0.3 is 5.32 Å². The molecule has 0 unspecified atom stereocenters. The number of fused-ring (bicyclic) bond motifs is 6. The lowest BCUT2D eigenvalue weighted by molar-refractivity contribution is -0.116. The third-order valence-corrected chi connectivity index (χ3v) is 12.4. The van der Waals surface area contributed by atoms with Crippen LogP contribution in [0.4, 0.5) is 5.69 Å². The molecule has 0 saturated heterocycles. The van der Waals surface area contributed by atoms with Crippen molar-refractivity contribution in [1.82, 2.24) is 9.78 Å². The molecule has 5 nitrogen and oxygen atoms in total. The highest BCUT2D eigenvalue weighted by Gasteiger charge is 2.61. The van der Waals surface area contributed by atoms with Gasteiger partial charge in [0.05, 0.1) is 11.9 Å². The smallest absolute Gasteiger partial charge is 0.244 e. The Kier molecular flexibility index (Phi) is 6.90. The topological polar surface area (TPSA) is 64.0 Å². The molecule has 6 rings (SSSR count). The van der Waals surface area contributed by atoms with E-state index in [1.54, 1.807) is 11.6 Å². The summed E-state index contributed by atoms with van der Waals surface area (Å²) in [5, 5.41) is 7.69. The Labute approximate surface area is 246 Å². The van der Waals surface area contributed by atoms with Crippen molar-refractivity contribution in [2.45, 2.75) is 105 Å². The molecule has 0 spiro atoms. The number of hydrogen-bond acceptors (Lipinski definition) is 3. The average Bonchev–Trinajstić information content (AvgIpc) is 3.50. The van der Waals surface area contributed by atoms with Gasteiger partial charge in [0.2, 0.25) is 11.8 Å². The molecule has 41 heavy (non-hydrogen) atoms. The van der Waals surface area contributed by atoms with E-state index in [0.29, 0.717) is 35.5 Å². The van der Waals surface area contributed by atoms with Gasteiger partial charge in [0.15, 0.2) is 0 Å². The first-order chi connectivity index (χ1) is 19.4. The molecule has 2 saturated carbocycles. The van der Waals surface area contributed by atoms with Crippen molar-refractivity contribution in [1.29, 1.82) is 0 Å². The molecule has 1 N–H and O–H groups in total. The number of benzene rings is 1. The number of carbonyl (C=O) groups is 2. The summed E-state index contributed by atoms with van der Waals surface area (Å²) in [6, 6.07) is 8.03. The van der Waals surface area contributed by atoms with E-state index in [1.807, 2.05) is 37.4 Å². The molecule has 7 atom stereocenters. The number of allylic oxidation sites excluding steroid dienone is 2. The van der Waals surface area contributed by atoms with Crippen molar-refractivity contribution in [2.75, 3.05) is 5.32 Å². The van der Waals surface area contributed by atoms with Crippen molar-refractivity contribution in [3.05, 3.63) is 58.9 Å². The first kappa shape index (κ1) is 28.4. The first-order valence-corrected chi connectivity index (χ1v) is 16.0. The third-order valence-electron chi connectivity index (χ3n) is 12.4. The number of amides is 1. The Balaban J connectivity index is 1.18. The van der Waals surface area contributed by atoms with Crippen LogP contribution in [0.2, 0.25) is 0 Å². The van der Waals surface area contributed by atoms with Gasteiger partial charge in [-0.15, -0.1) is 0 Å². The van der Waals surface area contributed by atoms with Gasteiger partial charge in [-0.25, -0.2) is 4.68 Å². The minimum Gasteiger partial charge on any atom is -0.326 e. The molecule has 1 amide bonds. The zero-order valence-corrected chi connectivity index (χ0v) is 26.2. The number of carbonyl (C=O) groups excluding carboxylic acids is 2. The Bertz CT molecular complexity index is 1400. The van der Waals surface area contributed by atoms with Gasteiger partial charge in [0.1, 0.15) is 0 Å². The van der Waals surface area contributed by atoms with Crippen molar-refractivity contribution in [2.24, 2.45) is 40.4 Å². The van der Waals surface area contributed by atoms with Crippen LogP contribution in [0.5, 0.6) is 0 Å². The summed E-state index contributed by atoms with van der Waals surface area (Å²) in [6.45, 7) is 15.8. The quantitative estimate of drug-likeness (QED) is 0.379. The maximum atomic E-state index is 12.8. The molecule has 4 aliphatic carbocycles. The zero-order chi connectivity index (χ0) is 29.3. The van der Waals surface area contributed by atoms with Gasteiger partial charge in [-0.05, 0) is 109 Å². The van der Waals surface area contributed by atoms with Gasteiger partial charge in [-0.1, -0.05) is 64.5 Å². The lowest BCUT2D eigenvalue weighted by Gasteiger charge is -2.60. The lowest BCUT2D eigenvalue weighted by Crippen LogP contribution is -2.54. The summed E-state index contributed by atoms with van der Waals surface area (Å²) in [6.07, 6.45) is 13.4. The molecule has 1 heterocycles. The van der Waals surface area contributed by atoms with Crippen LogP contribution in [0.25, 0.3) is 0 Å². The van der Waals surface area contributed by atoms with Gasteiger partial charge >= 0.3 is 0 Å². The fraction of sp³-hybridized carbons (Fsp3) is 0.639. The highest BCUT2D eigenvalue weighted by molar-refractivity contribution is 5.91. The lowest BCUT2D eigenvalue weighted by atomic mass is 9.44. The Morgan fingerprint density at radius 1 is 1.10 bits per heavy atom. The van der Waals surface area contributed by atoms with Crippen molar-refractivity contribution < 1.29 is 9.59 Å². The molecular formula is C36H49N3O2. The summed E-state index contributed by atoms with van der Waals surface area (Å²) in [5.74, 6) is 3.49. The summed E-state index contributed by atoms with van der Waals surface area (Å²) in [4.78, 5) is 25.3. The Morgan fingerprint density at radius 2 is 1.85 bits per heavy atom. The number of nitrogens with one attached hydrogen (secondary N) is 1. The third kappa shape index (κ3) is 4.36. The molecule has 1 aromatic heterocycles.